The minimum atomic E-state index is 0.139. The first-order valence-corrected chi connectivity index (χ1v) is 3.94. The third kappa shape index (κ3) is 4.09. The SMILES string of the molecule is [B]C(=[B])C(/C=C(\C=C)C(=C)Cl)=NC. The molecule has 0 aromatic heterocycles. The second-order valence-electron chi connectivity index (χ2n) is 2.27. The zero-order valence-corrected chi connectivity index (χ0v) is 8.30. The molecule has 0 spiro atoms. The van der Waals surface area contributed by atoms with E-state index >= 15 is 0 Å². The average molecular weight is 188 g/mol. The number of aliphatic imine (C=N–C) groups is 1. The third-order valence-corrected chi connectivity index (χ3v) is 1.58. The van der Waals surface area contributed by atoms with Gasteiger partial charge in [-0.05, 0) is 0 Å². The molecule has 0 saturated carbocycles. The van der Waals surface area contributed by atoms with Gasteiger partial charge in [-0.2, -0.15) is 0 Å². The minimum absolute atomic E-state index is 0.139. The average Bonchev–Trinajstić information content (AvgIpc) is 2.05. The summed E-state index contributed by atoms with van der Waals surface area (Å²) in [5.41, 5.74) is 1.12. The standard InChI is InChI=1S/C9H9B2ClN/c1-4-7(6(2)12)5-8(13-3)9(10)11/h4-5H,1-2H2,3H3/b7-5+,13-8?. The van der Waals surface area contributed by atoms with Gasteiger partial charge < -0.3 is 0 Å². The van der Waals surface area contributed by atoms with Crippen LogP contribution in [-0.2, 0) is 0 Å². The molecule has 13 heavy (non-hydrogen) atoms. The van der Waals surface area contributed by atoms with Crippen LogP contribution in [0.2, 0.25) is 0 Å². The van der Waals surface area contributed by atoms with Crippen LogP contribution < -0.4 is 0 Å². The summed E-state index contributed by atoms with van der Waals surface area (Å²) >= 11 is 5.67. The summed E-state index contributed by atoms with van der Waals surface area (Å²) < 4.78 is 0. The summed E-state index contributed by atoms with van der Waals surface area (Å²) in [5.74, 6) is 0. The van der Waals surface area contributed by atoms with Gasteiger partial charge in [0, 0.05) is 0 Å². The summed E-state index contributed by atoms with van der Waals surface area (Å²) in [7, 11) is 12.3. The number of hydrogen-bond acceptors (Lipinski definition) is 1. The normalized spacial score (nSPS) is 12.4. The van der Waals surface area contributed by atoms with Gasteiger partial charge in [-0.3, -0.25) is 0 Å². The fourth-order valence-corrected chi connectivity index (χ4v) is 0.804. The zero-order chi connectivity index (χ0) is 10.4. The van der Waals surface area contributed by atoms with Crippen molar-refractivity contribution in [1.29, 1.82) is 0 Å². The van der Waals surface area contributed by atoms with E-state index in [-0.39, 0.29) is 5.36 Å². The zero-order valence-electron chi connectivity index (χ0n) is 7.55. The summed E-state index contributed by atoms with van der Waals surface area (Å²) in [6.45, 7) is 7.12. The van der Waals surface area contributed by atoms with Gasteiger partial charge >= 0.3 is 86.0 Å². The molecule has 0 N–H and O–H groups in total. The number of allylic oxidation sites excluding steroid dienone is 4. The van der Waals surface area contributed by atoms with Gasteiger partial charge in [0.05, 0.1) is 0 Å². The Balaban J connectivity index is 4.98. The Labute approximate surface area is 86.4 Å². The number of rotatable bonds is 4. The first-order chi connectivity index (χ1) is 6.02. The molecule has 0 heterocycles. The molecule has 3 radical (unpaired) electrons. The Morgan fingerprint density at radius 2 is 2.08 bits per heavy atom. The second kappa shape index (κ2) is 5.76. The topological polar surface area (TPSA) is 12.4 Å². The van der Waals surface area contributed by atoms with Crippen LogP contribution in [0.25, 0.3) is 0 Å². The number of halogens is 1. The summed E-state index contributed by atoms with van der Waals surface area (Å²) in [4.78, 5) is 3.86. The predicted molar refractivity (Wildman–Crippen MR) is 63.1 cm³/mol. The molecule has 0 rings (SSSR count). The van der Waals surface area contributed by atoms with E-state index in [0.29, 0.717) is 16.3 Å². The van der Waals surface area contributed by atoms with Crippen LogP contribution in [0.15, 0.2) is 40.9 Å². The molecule has 4 heteroatoms. The van der Waals surface area contributed by atoms with Crippen molar-refractivity contribution in [2.45, 2.75) is 0 Å². The van der Waals surface area contributed by atoms with Crippen LogP contribution in [0.5, 0.6) is 0 Å². The molecular weight excluding hydrogens is 179 g/mol. The fourth-order valence-electron chi connectivity index (χ4n) is 0.672. The van der Waals surface area contributed by atoms with E-state index < -0.39 is 0 Å². The molecule has 0 unspecified atom stereocenters. The Morgan fingerprint density at radius 1 is 1.54 bits per heavy atom. The molecule has 0 aromatic carbocycles. The molecule has 0 aromatic rings. The molecule has 0 bridgehead atoms. The molecular formula is C9H9B2ClN. The van der Waals surface area contributed by atoms with Crippen molar-refractivity contribution < 1.29 is 0 Å². The maximum absolute atomic E-state index is 5.67. The second-order valence-corrected chi connectivity index (χ2v) is 2.73. The predicted octanol–water partition coefficient (Wildman–Crippen LogP) is 1.39. The van der Waals surface area contributed by atoms with E-state index in [2.05, 4.69) is 18.2 Å². The maximum atomic E-state index is 5.67. The molecule has 0 aliphatic carbocycles. The van der Waals surface area contributed by atoms with Crippen molar-refractivity contribution in [3.63, 3.8) is 0 Å². The van der Waals surface area contributed by atoms with Crippen LogP contribution in [-0.4, -0.2) is 33.5 Å². The van der Waals surface area contributed by atoms with Gasteiger partial charge in [-0.25, -0.2) is 0 Å². The Kier molecular flexibility index (Phi) is 5.40. The molecule has 0 aliphatic heterocycles. The molecule has 0 saturated heterocycles. The van der Waals surface area contributed by atoms with Crippen molar-refractivity contribution in [3.8, 4) is 0 Å². The van der Waals surface area contributed by atoms with Gasteiger partial charge in [0.25, 0.3) is 0 Å². The molecule has 1 nitrogen and oxygen atoms in total. The van der Waals surface area contributed by atoms with E-state index in [9.17, 15) is 0 Å². The fraction of sp³-hybridized carbons (Fsp3) is 0.111. The molecule has 0 amide bonds. The van der Waals surface area contributed by atoms with E-state index in [1.165, 1.54) is 0 Å². The van der Waals surface area contributed by atoms with Crippen LogP contribution in [0.4, 0.5) is 0 Å². The molecule has 0 fully saturated rings. The Hall–Kier alpha value is -0.820. The van der Waals surface area contributed by atoms with Gasteiger partial charge in [0.1, 0.15) is 0 Å². The van der Waals surface area contributed by atoms with Crippen LogP contribution in [0.1, 0.15) is 0 Å². The van der Waals surface area contributed by atoms with Crippen LogP contribution in [0, 0.1) is 0 Å². The quantitative estimate of drug-likeness (QED) is 0.359. The van der Waals surface area contributed by atoms with Gasteiger partial charge in [-0.15, -0.1) is 0 Å². The summed E-state index contributed by atoms with van der Waals surface area (Å²) in [5, 5.41) is 0.511. The third-order valence-electron chi connectivity index (χ3n) is 1.36. The van der Waals surface area contributed by atoms with Crippen LogP contribution in [0.3, 0.4) is 0 Å². The van der Waals surface area contributed by atoms with Crippen LogP contribution >= 0.6 is 11.6 Å². The molecule has 0 atom stereocenters. The Bertz CT molecular complexity index is 303. The first-order valence-electron chi connectivity index (χ1n) is 3.56. The van der Waals surface area contributed by atoms with Gasteiger partial charge in [0.15, 0.2) is 0 Å². The van der Waals surface area contributed by atoms with Crippen molar-refractivity contribution >= 4 is 38.0 Å². The molecule has 0 aliphatic rings. The number of hydrogen-bond donors (Lipinski definition) is 0. The summed E-state index contributed by atoms with van der Waals surface area (Å²) in [6.07, 6.45) is 3.18. The Morgan fingerprint density at radius 3 is 2.31 bits per heavy atom. The van der Waals surface area contributed by atoms with Gasteiger partial charge in [0.2, 0.25) is 0 Å². The van der Waals surface area contributed by atoms with Crippen molar-refractivity contribution in [3.05, 3.63) is 35.9 Å². The number of nitrogens with zero attached hydrogens (tertiary/aromatic N) is 1. The first kappa shape index (κ1) is 12.2. The van der Waals surface area contributed by atoms with E-state index in [1.807, 2.05) is 0 Å². The monoisotopic (exact) mass is 188 g/mol. The van der Waals surface area contributed by atoms with E-state index in [0.717, 1.165) is 0 Å². The summed E-state index contributed by atoms with van der Waals surface area (Å²) in [6, 6.07) is 0. The molecule has 63 valence electrons. The van der Waals surface area contributed by atoms with Crippen molar-refractivity contribution in [1.82, 2.24) is 0 Å². The van der Waals surface area contributed by atoms with Crippen molar-refractivity contribution in [2.75, 3.05) is 7.05 Å². The van der Waals surface area contributed by atoms with Crippen molar-refractivity contribution in [2.24, 2.45) is 4.99 Å². The van der Waals surface area contributed by atoms with E-state index in [4.69, 9.17) is 26.9 Å². The van der Waals surface area contributed by atoms with Gasteiger partial charge in [-0.1, -0.05) is 0 Å². The van der Waals surface area contributed by atoms with E-state index in [1.54, 1.807) is 19.2 Å².